The fraction of sp³-hybridized carbons (Fsp3) is 0.231. The lowest BCUT2D eigenvalue weighted by Gasteiger charge is -2.17. The van der Waals surface area contributed by atoms with Crippen LogP contribution in [0, 0.1) is 0 Å². The van der Waals surface area contributed by atoms with Crippen LogP contribution in [-0.2, 0) is 19.0 Å². The molecule has 4 nitrogen and oxygen atoms in total. The molecule has 0 saturated carbocycles. The normalized spacial score (nSPS) is 14.2. The molecule has 0 radical (unpaired) electrons. The Hall–Kier alpha value is -3.34. The predicted octanol–water partition coefficient (Wildman–Crippen LogP) is 8.25. The van der Waals surface area contributed by atoms with Crippen LogP contribution in [0.25, 0.3) is 11.1 Å². The molecule has 1 aromatic heterocycles. The number of ether oxygens (including phenoxy) is 1. The highest BCUT2D eigenvalue weighted by atomic mass is 79.9. The van der Waals surface area contributed by atoms with Gasteiger partial charge in [-0.15, -0.1) is 0 Å². The van der Waals surface area contributed by atoms with Crippen molar-refractivity contribution in [3.05, 3.63) is 92.7 Å². The number of benzene rings is 2. The molecule has 37 heavy (non-hydrogen) atoms. The Morgan fingerprint density at radius 1 is 0.892 bits per heavy atom. The van der Waals surface area contributed by atoms with Crippen molar-refractivity contribution < 1.29 is 41.0 Å². The first-order chi connectivity index (χ1) is 17.3. The summed E-state index contributed by atoms with van der Waals surface area (Å²) in [5.41, 5.74) is -1.78. The summed E-state index contributed by atoms with van der Waals surface area (Å²) in [5.74, 6) is -1.53. The van der Waals surface area contributed by atoms with Gasteiger partial charge >= 0.3 is 18.3 Å². The molecule has 0 saturated heterocycles. The van der Waals surface area contributed by atoms with Crippen LogP contribution in [-0.4, -0.2) is 16.1 Å². The number of carboxylic acid groups (broad SMARTS) is 1. The average molecular weight is 586 g/mol. The molecule has 1 N–H and O–H groups in total. The van der Waals surface area contributed by atoms with Crippen molar-refractivity contribution in [2.75, 3.05) is 0 Å². The van der Waals surface area contributed by atoms with Crippen LogP contribution in [0.4, 0.5) is 26.3 Å². The molecule has 2 aromatic carbocycles. The monoisotopic (exact) mass is 585 g/mol. The van der Waals surface area contributed by atoms with Crippen molar-refractivity contribution >= 4 is 33.0 Å². The Labute approximate surface area is 215 Å². The zero-order valence-corrected chi connectivity index (χ0v) is 20.5. The maximum atomic E-state index is 13.6. The van der Waals surface area contributed by atoms with Gasteiger partial charge in [0.2, 0.25) is 0 Å². The van der Waals surface area contributed by atoms with Gasteiger partial charge < -0.3 is 9.84 Å². The Bertz CT molecular complexity index is 1360. The van der Waals surface area contributed by atoms with Gasteiger partial charge in [-0.25, -0.2) is 9.78 Å². The second-order valence-corrected chi connectivity index (χ2v) is 9.28. The molecule has 0 aliphatic heterocycles. The maximum Gasteiger partial charge on any atom is 0.416 e. The van der Waals surface area contributed by atoms with Gasteiger partial charge in [0.15, 0.2) is 0 Å². The molecular formula is C26H18BrF6NO3. The van der Waals surface area contributed by atoms with Crippen LogP contribution in [0.2, 0.25) is 0 Å². The lowest BCUT2D eigenvalue weighted by Crippen LogP contribution is -2.11. The number of carbonyl (C=O) groups is 1. The summed E-state index contributed by atoms with van der Waals surface area (Å²) in [7, 11) is 0. The Morgan fingerprint density at radius 2 is 1.54 bits per heavy atom. The molecule has 1 aliphatic rings. The molecule has 3 aromatic rings. The number of halogens is 7. The number of pyridine rings is 1. The largest absolute Gasteiger partial charge is 0.488 e. The first kappa shape index (κ1) is 26.7. The zero-order valence-electron chi connectivity index (χ0n) is 18.9. The molecule has 0 atom stereocenters. The van der Waals surface area contributed by atoms with Crippen molar-refractivity contribution in [2.24, 2.45) is 0 Å². The summed E-state index contributed by atoms with van der Waals surface area (Å²) in [6, 6.07) is 11.2. The molecule has 11 heteroatoms. The van der Waals surface area contributed by atoms with Gasteiger partial charge in [-0.05, 0) is 78.4 Å². The molecule has 1 heterocycles. The van der Waals surface area contributed by atoms with Crippen molar-refractivity contribution in [3.63, 3.8) is 0 Å². The number of carboxylic acids is 1. The van der Waals surface area contributed by atoms with E-state index in [0.29, 0.717) is 18.1 Å². The van der Waals surface area contributed by atoms with E-state index in [1.54, 1.807) is 24.3 Å². The van der Waals surface area contributed by atoms with Crippen LogP contribution in [0.15, 0.2) is 59.1 Å². The Kier molecular flexibility index (Phi) is 7.36. The number of hydrogen-bond acceptors (Lipinski definition) is 3. The number of hydrogen-bond donors (Lipinski definition) is 1. The highest BCUT2D eigenvalue weighted by molar-refractivity contribution is 9.10. The Balaban J connectivity index is 1.84. The number of alkyl halides is 6. The van der Waals surface area contributed by atoms with Gasteiger partial charge in [-0.2, -0.15) is 26.3 Å². The summed E-state index contributed by atoms with van der Waals surface area (Å²) in [6.45, 7) is 0.0409. The minimum absolute atomic E-state index is 0.0409. The minimum atomic E-state index is -4.84. The first-order valence-corrected chi connectivity index (χ1v) is 11.8. The van der Waals surface area contributed by atoms with Gasteiger partial charge in [0.1, 0.15) is 18.1 Å². The fourth-order valence-corrected chi connectivity index (χ4v) is 4.36. The lowest BCUT2D eigenvalue weighted by atomic mass is 9.96. The second kappa shape index (κ2) is 10.2. The van der Waals surface area contributed by atoms with E-state index in [1.807, 2.05) is 0 Å². The van der Waals surface area contributed by atoms with Crippen LogP contribution >= 0.6 is 15.9 Å². The molecule has 1 aliphatic carbocycles. The third-order valence-corrected chi connectivity index (χ3v) is 6.37. The summed E-state index contributed by atoms with van der Waals surface area (Å²) in [4.78, 5) is 15.3. The van der Waals surface area contributed by atoms with E-state index in [0.717, 1.165) is 28.2 Å². The average Bonchev–Trinajstić information content (AvgIpc) is 3.32. The van der Waals surface area contributed by atoms with Gasteiger partial charge in [-0.3, -0.25) is 0 Å². The minimum Gasteiger partial charge on any atom is -0.488 e. The number of aromatic nitrogens is 1. The number of allylic oxidation sites excluding steroid dienone is 2. The Morgan fingerprint density at radius 3 is 2.16 bits per heavy atom. The first-order valence-electron chi connectivity index (χ1n) is 11.0. The fourth-order valence-electron chi connectivity index (χ4n) is 4.09. The standard InChI is InChI=1S/C26H18BrF6NO3/c27-17-7-4-14(5-8-17)13-37-23-9-6-15(25(28,29)30)10-20(23)18-2-1-3-19(18)21-11-16(26(31,32)33)12-22(34-21)24(35)36/h4-12H,1-3,13H2,(H,35,36). The molecule has 0 spiro atoms. The van der Waals surface area contributed by atoms with E-state index in [1.165, 1.54) is 6.07 Å². The third kappa shape index (κ3) is 6.15. The van der Waals surface area contributed by atoms with E-state index >= 15 is 0 Å². The quantitative estimate of drug-likeness (QED) is 0.296. The maximum absolute atomic E-state index is 13.6. The van der Waals surface area contributed by atoms with Crippen molar-refractivity contribution in [1.82, 2.24) is 4.98 Å². The highest BCUT2D eigenvalue weighted by Crippen LogP contribution is 2.45. The number of rotatable bonds is 6. The van der Waals surface area contributed by atoms with Gasteiger partial charge in [-0.1, -0.05) is 28.1 Å². The van der Waals surface area contributed by atoms with E-state index in [2.05, 4.69) is 20.9 Å². The molecule has 194 valence electrons. The van der Waals surface area contributed by atoms with E-state index < -0.39 is 35.1 Å². The smallest absolute Gasteiger partial charge is 0.416 e. The van der Waals surface area contributed by atoms with Crippen LogP contribution in [0.1, 0.15) is 57.7 Å². The van der Waals surface area contributed by atoms with E-state index in [9.17, 15) is 36.2 Å². The lowest BCUT2D eigenvalue weighted by molar-refractivity contribution is -0.138. The third-order valence-electron chi connectivity index (χ3n) is 5.84. The van der Waals surface area contributed by atoms with Crippen LogP contribution in [0.3, 0.4) is 0 Å². The van der Waals surface area contributed by atoms with E-state index in [4.69, 9.17) is 4.74 Å². The van der Waals surface area contributed by atoms with Crippen molar-refractivity contribution in [2.45, 2.75) is 38.2 Å². The molecule has 0 unspecified atom stereocenters. The van der Waals surface area contributed by atoms with Crippen LogP contribution in [0.5, 0.6) is 5.75 Å². The van der Waals surface area contributed by atoms with Gasteiger partial charge in [0, 0.05) is 10.0 Å². The summed E-state index contributed by atoms with van der Waals surface area (Å²) < 4.78 is 87.8. The molecule has 4 rings (SSSR count). The molecule has 0 fully saturated rings. The van der Waals surface area contributed by atoms with Gasteiger partial charge in [0.25, 0.3) is 0 Å². The predicted molar refractivity (Wildman–Crippen MR) is 127 cm³/mol. The van der Waals surface area contributed by atoms with Crippen molar-refractivity contribution in [3.8, 4) is 5.75 Å². The summed E-state index contributed by atoms with van der Waals surface area (Å²) in [6.07, 6.45) is -8.59. The van der Waals surface area contributed by atoms with E-state index in [-0.39, 0.29) is 42.0 Å². The summed E-state index contributed by atoms with van der Waals surface area (Å²) >= 11 is 3.32. The zero-order chi connectivity index (χ0) is 27.0. The van der Waals surface area contributed by atoms with Crippen LogP contribution < -0.4 is 4.74 Å². The molecule has 0 bridgehead atoms. The topological polar surface area (TPSA) is 59.4 Å². The highest BCUT2D eigenvalue weighted by Gasteiger charge is 2.35. The number of nitrogens with zero attached hydrogens (tertiary/aromatic N) is 1. The number of aromatic carboxylic acids is 1. The van der Waals surface area contributed by atoms with Crippen molar-refractivity contribution in [1.29, 1.82) is 0 Å². The SMILES string of the molecule is O=C(O)c1cc(C(F)(F)F)cc(C2=C(c3cc(C(F)(F)F)ccc3OCc3ccc(Br)cc3)CCC2)n1. The molecular weight excluding hydrogens is 568 g/mol. The van der Waals surface area contributed by atoms with Gasteiger partial charge in [0.05, 0.1) is 16.8 Å². The molecule has 0 amide bonds. The second-order valence-electron chi connectivity index (χ2n) is 8.36. The summed E-state index contributed by atoms with van der Waals surface area (Å²) in [5, 5.41) is 9.30.